The number of aromatic amines is 1. The van der Waals surface area contributed by atoms with Crippen LogP contribution in [0.25, 0.3) is 11.0 Å². The third-order valence-corrected chi connectivity index (χ3v) is 5.25. The average molecular weight is 386 g/mol. The zero-order chi connectivity index (χ0) is 19.7. The van der Waals surface area contributed by atoms with Gasteiger partial charge in [-0.2, -0.15) is 0 Å². The monoisotopic (exact) mass is 386 g/mol. The van der Waals surface area contributed by atoms with E-state index in [9.17, 15) is 9.18 Å². The minimum atomic E-state index is -0.311. The van der Waals surface area contributed by atoms with E-state index in [4.69, 9.17) is 9.26 Å². The van der Waals surface area contributed by atoms with Gasteiger partial charge in [-0.05, 0) is 25.1 Å². The molecule has 0 radical (unpaired) electrons. The molecule has 1 N–H and O–H groups in total. The number of aryl methyl sites for hydroxylation is 2. The maximum absolute atomic E-state index is 13.3. The Kier molecular flexibility index (Phi) is 5.13. The fourth-order valence-corrected chi connectivity index (χ4v) is 3.82. The topological polar surface area (TPSA) is 84.2 Å². The summed E-state index contributed by atoms with van der Waals surface area (Å²) < 4.78 is 24.2. The number of ether oxygens (including phenoxy) is 1. The second-order valence-corrected chi connectivity index (χ2v) is 7.32. The third kappa shape index (κ3) is 3.91. The first-order valence-corrected chi connectivity index (χ1v) is 9.38. The Balaban J connectivity index is 1.36. The highest BCUT2D eigenvalue weighted by Gasteiger charge is 2.35. The van der Waals surface area contributed by atoms with Crippen LogP contribution >= 0.6 is 0 Å². The van der Waals surface area contributed by atoms with E-state index in [0.717, 1.165) is 11.5 Å². The number of methoxy groups -OCH3 is 1. The van der Waals surface area contributed by atoms with E-state index in [1.807, 2.05) is 17.9 Å². The molecule has 4 rings (SSSR count). The molecule has 1 aliphatic rings. The molecule has 0 spiro atoms. The molecule has 1 aromatic carbocycles. The summed E-state index contributed by atoms with van der Waals surface area (Å²) in [5.41, 5.74) is 2.19. The largest absolute Gasteiger partial charge is 0.379 e. The minimum Gasteiger partial charge on any atom is -0.379 e. The van der Waals surface area contributed by atoms with Crippen molar-refractivity contribution in [2.24, 2.45) is 5.92 Å². The molecule has 3 aromatic rings. The Labute approximate surface area is 161 Å². The van der Waals surface area contributed by atoms with Gasteiger partial charge < -0.3 is 19.1 Å². The molecule has 28 heavy (non-hydrogen) atoms. The lowest BCUT2D eigenvalue weighted by Crippen LogP contribution is -2.30. The molecule has 148 valence electrons. The highest BCUT2D eigenvalue weighted by molar-refractivity contribution is 5.77. The van der Waals surface area contributed by atoms with Gasteiger partial charge in [-0.1, -0.05) is 5.16 Å². The van der Waals surface area contributed by atoms with Gasteiger partial charge in [0.2, 0.25) is 5.91 Å². The third-order valence-electron chi connectivity index (χ3n) is 5.25. The van der Waals surface area contributed by atoms with E-state index >= 15 is 0 Å². The molecule has 7 nitrogen and oxygen atoms in total. The number of carbonyl (C=O) groups is 1. The first-order valence-electron chi connectivity index (χ1n) is 9.38. The van der Waals surface area contributed by atoms with Gasteiger partial charge in [-0.15, -0.1) is 0 Å². The number of nitrogens with zero attached hydrogens (tertiary/aromatic N) is 3. The molecule has 2 atom stereocenters. The lowest BCUT2D eigenvalue weighted by atomic mass is 10.0. The number of amides is 1. The molecule has 0 saturated carbocycles. The fraction of sp³-hybridized carbons (Fsp3) is 0.450. The second kappa shape index (κ2) is 7.71. The first-order chi connectivity index (χ1) is 13.5. The summed E-state index contributed by atoms with van der Waals surface area (Å²) in [4.78, 5) is 22.0. The number of imidazole rings is 1. The number of aromatic nitrogens is 3. The first kappa shape index (κ1) is 18.6. The molecule has 1 amide bonds. The van der Waals surface area contributed by atoms with Crippen LogP contribution in [0.15, 0.2) is 28.8 Å². The maximum Gasteiger partial charge on any atom is 0.223 e. The lowest BCUT2D eigenvalue weighted by molar-refractivity contribution is -0.130. The van der Waals surface area contributed by atoms with Crippen molar-refractivity contribution in [2.45, 2.75) is 32.3 Å². The molecule has 3 heterocycles. The molecule has 1 fully saturated rings. The summed E-state index contributed by atoms with van der Waals surface area (Å²) in [5, 5.41) is 3.92. The number of nitrogens with one attached hydrogen (secondary N) is 1. The number of likely N-dealkylation sites (tertiary alicyclic amines) is 1. The molecule has 0 bridgehead atoms. The van der Waals surface area contributed by atoms with Gasteiger partial charge in [0.25, 0.3) is 0 Å². The second-order valence-electron chi connectivity index (χ2n) is 7.32. The number of H-pyrrole nitrogens is 1. The van der Waals surface area contributed by atoms with E-state index in [0.29, 0.717) is 49.2 Å². The van der Waals surface area contributed by atoms with Crippen LogP contribution < -0.4 is 0 Å². The predicted octanol–water partition coefficient (Wildman–Crippen LogP) is 2.65. The van der Waals surface area contributed by atoms with Gasteiger partial charge in [-0.3, -0.25) is 4.79 Å². The Morgan fingerprint density at radius 1 is 1.39 bits per heavy atom. The Bertz CT molecular complexity index is 983. The molecule has 8 heteroatoms. The van der Waals surface area contributed by atoms with Gasteiger partial charge >= 0.3 is 0 Å². The van der Waals surface area contributed by atoms with Crippen LogP contribution in [0.4, 0.5) is 4.39 Å². The van der Waals surface area contributed by atoms with Gasteiger partial charge in [0.05, 0.1) is 22.8 Å². The van der Waals surface area contributed by atoms with Crippen molar-refractivity contribution in [3.8, 4) is 0 Å². The smallest absolute Gasteiger partial charge is 0.223 e. The van der Waals surface area contributed by atoms with Gasteiger partial charge in [-0.25, -0.2) is 9.37 Å². The van der Waals surface area contributed by atoms with Crippen LogP contribution in [-0.4, -0.2) is 52.2 Å². The Morgan fingerprint density at radius 3 is 3.00 bits per heavy atom. The number of hydrogen-bond acceptors (Lipinski definition) is 5. The summed E-state index contributed by atoms with van der Waals surface area (Å²) in [6.45, 7) is 3.08. The van der Waals surface area contributed by atoms with Crippen LogP contribution in [0.2, 0.25) is 0 Å². The van der Waals surface area contributed by atoms with E-state index < -0.39 is 0 Å². The number of rotatable bonds is 6. The summed E-state index contributed by atoms with van der Waals surface area (Å²) in [6, 6.07) is 6.34. The molecule has 2 aromatic heterocycles. The van der Waals surface area contributed by atoms with Crippen molar-refractivity contribution in [2.75, 3.05) is 20.2 Å². The standard InChI is InChI=1S/C20H23FN4O3/c1-12-7-15(28-24-12)8-13-10-25(11-18(13)27-2)20(26)6-5-19-22-16-4-3-14(21)9-17(16)23-19/h3-4,7,9,13,18H,5-6,8,10-11H2,1-2H3,(H,22,23)/t13-,18+/m1/s1. The van der Waals surface area contributed by atoms with Crippen molar-refractivity contribution in [1.29, 1.82) is 0 Å². The molecule has 0 unspecified atom stereocenters. The number of benzene rings is 1. The highest BCUT2D eigenvalue weighted by atomic mass is 19.1. The van der Waals surface area contributed by atoms with Gasteiger partial charge in [0.1, 0.15) is 17.4 Å². The van der Waals surface area contributed by atoms with Crippen molar-refractivity contribution in [3.05, 3.63) is 47.4 Å². The Hall–Kier alpha value is -2.74. The van der Waals surface area contributed by atoms with E-state index in [1.54, 1.807) is 13.2 Å². The number of carbonyl (C=O) groups excluding carboxylic acids is 1. The van der Waals surface area contributed by atoms with Crippen molar-refractivity contribution >= 4 is 16.9 Å². The van der Waals surface area contributed by atoms with Crippen LogP contribution in [0.1, 0.15) is 23.7 Å². The van der Waals surface area contributed by atoms with Crippen molar-refractivity contribution in [3.63, 3.8) is 0 Å². The maximum atomic E-state index is 13.3. The van der Waals surface area contributed by atoms with Crippen molar-refractivity contribution < 1.29 is 18.4 Å². The molecule has 1 aliphatic heterocycles. The molecular formula is C20H23FN4O3. The van der Waals surface area contributed by atoms with Crippen LogP contribution in [0, 0.1) is 18.7 Å². The summed E-state index contributed by atoms with van der Waals surface area (Å²) in [6.07, 6.45) is 1.49. The summed E-state index contributed by atoms with van der Waals surface area (Å²) in [7, 11) is 1.67. The molecule has 1 saturated heterocycles. The average Bonchev–Trinajstić information content (AvgIpc) is 3.37. The number of halogens is 1. The highest BCUT2D eigenvalue weighted by Crippen LogP contribution is 2.25. The van der Waals surface area contributed by atoms with Crippen molar-refractivity contribution in [1.82, 2.24) is 20.0 Å². The zero-order valence-corrected chi connectivity index (χ0v) is 15.9. The molecule has 0 aliphatic carbocycles. The zero-order valence-electron chi connectivity index (χ0n) is 15.9. The summed E-state index contributed by atoms with van der Waals surface area (Å²) in [5.74, 6) is 1.42. The van der Waals surface area contributed by atoms with Gasteiger partial charge in [0.15, 0.2) is 0 Å². The number of hydrogen-bond donors (Lipinski definition) is 1. The summed E-state index contributed by atoms with van der Waals surface area (Å²) >= 11 is 0. The fourth-order valence-electron chi connectivity index (χ4n) is 3.82. The Morgan fingerprint density at radius 2 is 2.25 bits per heavy atom. The van der Waals surface area contributed by atoms with Crippen LogP contribution in [0.3, 0.4) is 0 Å². The van der Waals surface area contributed by atoms with Crippen LogP contribution in [0.5, 0.6) is 0 Å². The normalized spacial score (nSPS) is 19.6. The van der Waals surface area contributed by atoms with E-state index in [2.05, 4.69) is 15.1 Å². The molecular weight excluding hydrogens is 363 g/mol. The predicted molar refractivity (Wildman–Crippen MR) is 100 cm³/mol. The SMILES string of the molecule is CO[C@H]1CN(C(=O)CCc2nc3ccc(F)cc3[nH]2)C[C@H]1Cc1cc(C)no1. The van der Waals surface area contributed by atoms with Gasteiger partial charge in [0, 0.05) is 51.4 Å². The minimum absolute atomic E-state index is 0.0245. The number of fused-ring (bicyclic) bond motifs is 1. The van der Waals surface area contributed by atoms with Crippen LogP contribution in [-0.2, 0) is 22.4 Å². The quantitative estimate of drug-likeness (QED) is 0.704. The lowest BCUT2D eigenvalue weighted by Gasteiger charge is -2.15. The van der Waals surface area contributed by atoms with E-state index in [1.165, 1.54) is 12.1 Å². The van der Waals surface area contributed by atoms with E-state index in [-0.39, 0.29) is 23.7 Å².